The van der Waals surface area contributed by atoms with Crippen LogP contribution in [-0.4, -0.2) is 50.7 Å². The van der Waals surface area contributed by atoms with Gasteiger partial charge in [-0.15, -0.1) is 0 Å². The summed E-state index contributed by atoms with van der Waals surface area (Å²) < 4.78 is 8.94. The molecule has 0 radical (unpaired) electrons. The van der Waals surface area contributed by atoms with Crippen molar-refractivity contribution >= 4 is 23.5 Å². The number of halogens is 1. The van der Waals surface area contributed by atoms with Crippen molar-refractivity contribution in [2.24, 2.45) is 0 Å². The van der Waals surface area contributed by atoms with E-state index in [1.54, 1.807) is 0 Å². The molecule has 0 fully saturated rings. The van der Waals surface area contributed by atoms with Gasteiger partial charge in [0.2, 0.25) is 0 Å². The van der Waals surface area contributed by atoms with Crippen molar-refractivity contribution < 1.29 is 19.1 Å². The smallest absolute Gasteiger partial charge is 0.319 e. The molecule has 0 saturated heterocycles. The standard InChI is InChI=1S/C9H14ClNO4/c1-7(10)4-11(5-8(12)14-2)6-9(13)15-3/h1,4-6H2,2-3H3. The molecular weight excluding hydrogens is 222 g/mol. The molecular formula is C9H14ClNO4. The topological polar surface area (TPSA) is 55.8 Å². The van der Waals surface area contributed by atoms with Gasteiger partial charge < -0.3 is 9.47 Å². The molecule has 0 aromatic carbocycles. The van der Waals surface area contributed by atoms with Gasteiger partial charge in [0, 0.05) is 11.6 Å². The van der Waals surface area contributed by atoms with Gasteiger partial charge in [-0.3, -0.25) is 14.5 Å². The van der Waals surface area contributed by atoms with Crippen LogP contribution in [-0.2, 0) is 19.1 Å². The van der Waals surface area contributed by atoms with Gasteiger partial charge in [0.05, 0.1) is 27.3 Å². The molecule has 0 rings (SSSR count). The second-order valence-corrected chi connectivity index (χ2v) is 3.35. The Kier molecular flexibility index (Phi) is 6.73. The zero-order chi connectivity index (χ0) is 11.8. The molecule has 0 unspecified atom stereocenters. The highest BCUT2D eigenvalue weighted by molar-refractivity contribution is 6.29. The highest BCUT2D eigenvalue weighted by Gasteiger charge is 2.15. The SMILES string of the molecule is C=C(Cl)CN(CC(=O)OC)CC(=O)OC. The lowest BCUT2D eigenvalue weighted by Crippen LogP contribution is -2.36. The molecule has 86 valence electrons. The van der Waals surface area contributed by atoms with E-state index >= 15 is 0 Å². The zero-order valence-electron chi connectivity index (χ0n) is 8.79. The summed E-state index contributed by atoms with van der Waals surface area (Å²) in [6, 6.07) is 0. The normalized spacial score (nSPS) is 9.87. The Balaban J connectivity index is 4.23. The molecule has 0 heterocycles. The van der Waals surface area contributed by atoms with Gasteiger partial charge in [0.1, 0.15) is 0 Å². The van der Waals surface area contributed by atoms with Gasteiger partial charge in [-0.1, -0.05) is 18.2 Å². The molecule has 0 aliphatic carbocycles. The zero-order valence-corrected chi connectivity index (χ0v) is 9.54. The first-order valence-corrected chi connectivity index (χ1v) is 4.56. The van der Waals surface area contributed by atoms with Crippen molar-refractivity contribution in [2.75, 3.05) is 33.9 Å². The van der Waals surface area contributed by atoms with Gasteiger partial charge in [0.25, 0.3) is 0 Å². The monoisotopic (exact) mass is 235 g/mol. The van der Waals surface area contributed by atoms with Crippen LogP contribution in [0.4, 0.5) is 0 Å². The predicted octanol–water partition coefficient (Wildman–Crippen LogP) is 0.387. The summed E-state index contributed by atoms with van der Waals surface area (Å²) in [5.74, 6) is -0.895. The number of esters is 2. The first-order chi connectivity index (χ1) is 6.99. The molecule has 0 bridgehead atoms. The van der Waals surface area contributed by atoms with Crippen LogP contribution in [0.5, 0.6) is 0 Å². The van der Waals surface area contributed by atoms with Crippen LogP contribution < -0.4 is 0 Å². The van der Waals surface area contributed by atoms with Crippen LogP contribution in [0.15, 0.2) is 11.6 Å². The molecule has 6 heteroatoms. The fourth-order valence-corrected chi connectivity index (χ4v) is 1.07. The minimum Gasteiger partial charge on any atom is -0.468 e. The highest BCUT2D eigenvalue weighted by Crippen LogP contribution is 2.01. The Labute approximate surface area is 93.6 Å². The van der Waals surface area contributed by atoms with Gasteiger partial charge in [0.15, 0.2) is 0 Å². The molecule has 0 saturated carbocycles. The average molecular weight is 236 g/mol. The van der Waals surface area contributed by atoms with E-state index in [0.29, 0.717) is 5.03 Å². The number of rotatable bonds is 6. The quantitative estimate of drug-likeness (QED) is 0.624. The predicted molar refractivity (Wildman–Crippen MR) is 55.5 cm³/mol. The highest BCUT2D eigenvalue weighted by atomic mass is 35.5. The maximum atomic E-state index is 11.0. The van der Waals surface area contributed by atoms with Crippen molar-refractivity contribution in [2.45, 2.75) is 0 Å². The summed E-state index contributed by atoms with van der Waals surface area (Å²) in [6.07, 6.45) is 0. The van der Waals surface area contributed by atoms with E-state index in [1.807, 2.05) is 0 Å². The van der Waals surface area contributed by atoms with Crippen molar-refractivity contribution in [3.8, 4) is 0 Å². The van der Waals surface area contributed by atoms with E-state index in [4.69, 9.17) is 11.6 Å². The minimum absolute atomic E-state index is 0.0304. The second-order valence-electron chi connectivity index (χ2n) is 2.81. The fraction of sp³-hybridized carbons (Fsp3) is 0.556. The van der Waals surface area contributed by atoms with Gasteiger partial charge in [-0.2, -0.15) is 0 Å². The van der Waals surface area contributed by atoms with Gasteiger partial charge in [-0.25, -0.2) is 0 Å². The summed E-state index contributed by atoms with van der Waals surface area (Å²) in [5, 5.41) is 0.336. The van der Waals surface area contributed by atoms with E-state index in [9.17, 15) is 9.59 Å². The number of carbonyl (C=O) groups is 2. The van der Waals surface area contributed by atoms with Gasteiger partial charge in [-0.05, 0) is 0 Å². The Morgan fingerprint density at radius 3 is 1.80 bits per heavy atom. The number of methoxy groups -OCH3 is 2. The lowest BCUT2D eigenvalue weighted by atomic mass is 10.4. The van der Waals surface area contributed by atoms with Crippen LogP contribution in [0, 0.1) is 0 Å². The molecule has 0 aromatic rings. The fourth-order valence-electron chi connectivity index (χ4n) is 0.905. The Morgan fingerprint density at radius 2 is 1.53 bits per heavy atom. The summed E-state index contributed by atoms with van der Waals surface area (Å²) in [6.45, 7) is 3.65. The molecule has 0 aliphatic heterocycles. The van der Waals surface area contributed by atoms with Crippen molar-refractivity contribution in [3.63, 3.8) is 0 Å². The summed E-state index contributed by atoms with van der Waals surface area (Å²) >= 11 is 5.59. The largest absolute Gasteiger partial charge is 0.468 e. The van der Waals surface area contributed by atoms with Crippen LogP contribution in [0.25, 0.3) is 0 Å². The molecule has 0 atom stereocenters. The van der Waals surface area contributed by atoms with E-state index in [0.717, 1.165) is 0 Å². The molecule has 15 heavy (non-hydrogen) atoms. The average Bonchev–Trinajstić information content (AvgIpc) is 2.16. The number of hydrogen-bond acceptors (Lipinski definition) is 5. The summed E-state index contributed by atoms with van der Waals surface area (Å²) in [5.41, 5.74) is 0. The maximum absolute atomic E-state index is 11.0. The summed E-state index contributed by atoms with van der Waals surface area (Å²) in [7, 11) is 2.54. The third-order valence-corrected chi connectivity index (χ3v) is 1.68. The number of hydrogen-bond donors (Lipinski definition) is 0. The molecule has 5 nitrogen and oxygen atoms in total. The van der Waals surface area contributed by atoms with E-state index in [2.05, 4.69) is 16.1 Å². The number of nitrogens with zero attached hydrogens (tertiary/aromatic N) is 1. The van der Waals surface area contributed by atoms with Gasteiger partial charge >= 0.3 is 11.9 Å². The number of ether oxygens (including phenoxy) is 2. The van der Waals surface area contributed by atoms with Crippen LogP contribution in [0.2, 0.25) is 0 Å². The van der Waals surface area contributed by atoms with Crippen LogP contribution in [0.1, 0.15) is 0 Å². The first-order valence-electron chi connectivity index (χ1n) is 4.18. The number of carbonyl (C=O) groups excluding carboxylic acids is 2. The third-order valence-electron chi connectivity index (χ3n) is 1.56. The molecule has 0 amide bonds. The van der Waals surface area contributed by atoms with Crippen molar-refractivity contribution in [1.82, 2.24) is 4.90 Å². The molecule has 0 aromatic heterocycles. The Hall–Kier alpha value is -1.07. The Bertz CT molecular complexity index is 236. The second kappa shape index (κ2) is 7.25. The third kappa shape index (κ3) is 6.93. The van der Waals surface area contributed by atoms with Crippen LogP contribution in [0.3, 0.4) is 0 Å². The van der Waals surface area contributed by atoms with E-state index in [-0.39, 0.29) is 19.6 Å². The van der Waals surface area contributed by atoms with E-state index < -0.39 is 11.9 Å². The Morgan fingerprint density at radius 1 is 1.13 bits per heavy atom. The van der Waals surface area contributed by atoms with Crippen molar-refractivity contribution in [3.05, 3.63) is 11.6 Å². The molecule has 0 N–H and O–H groups in total. The summed E-state index contributed by atoms with van der Waals surface area (Å²) in [4.78, 5) is 23.4. The van der Waals surface area contributed by atoms with Crippen molar-refractivity contribution in [1.29, 1.82) is 0 Å². The maximum Gasteiger partial charge on any atom is 0.319 e. The minimum atomic E-state index is -0.447. The lowest BCUT2D eigenvalue weighted by molar-refractivity contribution is -0.145. The lowest BCUT2D eigenvalue weighted by Gasteiger charge is -2.18. The molecule has 0 spiro atoms. The first kappa shape index (κ1) is 13.9. The van der Waals surface area contributed by atoms with Crippen LogP contribution >= 0.6 is 11.6 Å². The molecule has 0 aliphatic rings. The van der Waals surface area contributed by atoms with E-state index in [1.165, 1.54) is 19.1 Å².